The van der Waals surface area contributed by atoms with E-state index in [0.29, 0.717) is 19.6 Å². The minimum absolute atomic E-state index is 0.0200. The van der Waals surface area contributed by atoms with Gasteiger partial charge >= 0.3 is 12.0 Å². The Balaban J connectivity index is 1.69. The van der Waals surface area contributed by atoms with Crippen molar-refractivity contribution in [2.75, 3.05) is 19.6 Å². The molecule has 0 spiro atoms. The number of likely N-dealkylation sites (tertiary alicyclic amines) is 1. The second-order valence-corrected chi connectivity index (χ2v) is 5.98. The van der Waals surface area contributed by atoms with E-state index in [-0.39, 0.29) is 36.4 Å². The molecule has 7 nitrogen and oxygen atoms in total. The van der Waals surface area contributed by atoms with Crippen LogP contribution in [0.25, 0.3) is 0 Å². The molecule has 0 saturated carbocycles. The lowest BCUT2D eigenvalue weighted by atomic mass is 9.83. The number of fused-ring (bicyclic) bond motifs is 4. The predicted molar refractivity (Wildman–Crippen MR) is 78.8 cm³/mol. The van der Waals surface area contributed by atoms with Gasteiger partial charge in [0.05, 0.1) is 6.42 Å². The summed E-state index contributed by atoms with van der Waals surface area (Å²) in [4.78, 5) is 36.3. The molecule has 2 bridgehead atoms. The van der Waals surface area contributed by atoms with Crippen molar-refractivity contribution in [2.45, 2.75) is 25.3 Å². The van der Waals surface area contributed by atoms with Gasteiger partial charge in [0.1, 0.15) is 0 Å². The molecule has 1 aromatic heterocycles. The maximum absolute atomic E-state index is 12.1. The predicted octanol–water partition coefficient (Wildman–Crippen LogP) is 0.452. The summed E-state index contributed by atoms with van der Waals surface area (Å²) in [6, 6.07) is 5.07. The number of aromatic nitrogens is 1. The second kappa shape index (κ2) is 5.82. The fourth-order valence-corrected chi connectivity index (χ4v) is 3.45. The molecule has 3 heterocycles. The lowest BCUT2D eigenvalue weighted by Crippen LogP contribution is -2.52. The average molecular weight is 305 g/mol. The highest BCUT2D eigenvalue weighted by atomic mass is 16.4. The van der Waals surface area contributed by atoms with Crippen molar-refractivity contribution in [3.05, 3.63) is 34.2 Å². The number of nitrogens with zero attached hydrogens (tertiary/aromatic N) is 2. The van der Waals surface area contributed by atoms with Crippen LogP contribution in [0.2, 0.25) is 0 Å². The molecule has 0 aliphatic carbocycles. The molecule has 1 aromatic rings. The van der Waals surface area contributed by atoms with Crippen molar-refractivity contribution in [1.82, 2.24) is 14.8 Å². The van der Waals surface area contributed by atoms with E-state index in [1.807, 2.05) is 10.6 Å². The highest BCUT2D eigenvalue weighted by Crippen LogP contribution is 2.34. The third-order valence-corrected chi connectivity index (χ3v) is 4.38. The van der Waals surface area contributed by atoms with E-state index in [4.69, 9.17) is 5.11 Å². The summed E-state index contributed by atoms with van der Waals surface area (Å²) in [7, 11) is 0. The Morgan fingerprint density at radius 3 is 2.86 bits per heavy atom. The smallest absolute Gasteiger partial charge is 0.317 e. The molecular formula is C15H19N3O4. The summed E-state index contributed by atoms with van der Waals surface area (Å²) in [5, 5.41) is 11.3. The standard InChI is InChI=1S/C15H19N3O4/c19-13-3-1-2-12-11-6-10(8-18(12)13)7-17(9-11)15(22)16-5-4-14(20)21/h1-3,10-11H,4-9H2,(H,16,22)(H,20,21)/t10-,11+/m1/s1. The summed E-state index contributed by atoms with van der Waals surface area (Å²) in [6.45, 7) is 1.95. The molecule has 0 aromatic carbocycles. The first-order chi connectivity index (χ1) is 10.5. The van der Waals surface area contributed by atoms with Gasteiger partial charge in [-0.05, 0) is 18.4 Å². The SMILES string of the molecule is O=C(O)CCNC(=O)N1C[C@H]2C[C@@H](C1)c1cccc(=O)n1C2. The number of rotatable bonds is 3. The van der Waals surface area contributed by atoms with Crippen LogP contribution < -0.4 is 10.9 Å². The highest BCUT2D eigenvalue weighted by Gasteiger charge is 2.36. The number of hydrogen-bond acceptors (Lipinski definition) is 3. The monoisotopic (exact) mass is 305 g/mol. The Bertz CT molecular complexity index is 654. The van der Waals surface area contributed by atoms with Crippen LogP contribution in [0.1, 0.15) is 24.5 Å². The van der Waals surface area contributed by atoms with Crippen molar-refractivity contribution in [2.24, 2.45) is 5.92 Å². The van der Waals surface area contributed by atoms with Crippen LogP contribution in [0.5, 0.6) is 0 Å². The molecule has 0 unspecified atom stereocenters. The van der Waals surface area contributed by atoms with Gasteiger partial charge in [0.25, 0.3) is 5.56 Å². The number of piperidine rings is 1. The number of carboxylic acids is 1. The molecule has 1 fully saturated rings. The Kier molecular flexibility index (Phi) is 3.87. The average Bonchev–Trinajstić information content (AvgIpc) is 2.48. The lowest BCUT2D eigenvalue weighted by Gasteiger charge is -2.42. The van der Waals surface area contributed by atoms with Crippen LogP contribution in [-0.4, -0.2) is 46.2 Å². The fraction of sp³-hybridized carbons (Fsp3) is 0.533. The van der Waals surface area contributed by atoms with Gasteiger partial charge in [-0.25, -0.2) is 4.79 Å². The van der Waals surface area contributed by atoms with Gasteiger partial charge in [-0.15, -0.1) is 0 Å². The number of pyridine rings is 1. The van der Waals surface area contributed by atoms with Crippen molar-refractivity contribution in [3.8, 4) is 0 Å². The first kappa shape index (κ1) is 14.6. The molecule has 2 N–H and O–H groups in total. The van der Waals surface area contributed by atoms with Crippen molar-refractivity contribution in [3.63, 3.8) is 0 Å². The largest absolute Gasteiger partial charge is 0.481 e. The summed E-state index contributed by atoms with van der Waals surface area (Å²) in [5.41, 5.74) is 1.01. The van der Waals surface area contributed by atoms with E-state index in [2.05, 4.69) is 5.32 Å². The minimum atomic E-state index is -0.927. The zero-order valence-corrected chi connectivity index (χ0v) is 12.2. The third-order valence-electron chi connectivity index (χ3n) is 4.38. The molecule has 2 aliphatic rings. The number of carboxylic acid groups (broad SMARTS) is 1. The Hall–Kier alpha value is -2.31. The first-order valence-corrected chi connectivity index (χ1v) is 7.49. The van der Waals surface area contributed by atoms with Crippen LogP contribution in [0.4, 0.5) is 4.79 Å². The topological polar surface area (TPSA) is 91.6 Å². The molecule has 22 heavy (non-hydrogen) atoms. The third kappa shape index (κ3) is 2.84. The summed E-state index contributed by atoms with van der Waals surface area (Å²) in [6.07, 6.45) is 0.910. The van der Waals surface area contributed by atoms with Crippen molar-refractivity contribution in [1.29, 1.82) is 0 Å². The Morgan fingerprint density at radius 1 is 1.27 bits per heavy atom. The van der Waals surface area contributed by atoms with Crippen LogP contribution in [0, 0.1) is 5.92 Å². The zero-order chi connectivity index (χ0) is 15.7. The van der Waals surface area contributed by atoms with Gasteiger partial charge in [0, 0.05) is 43.9 Å². The summed E-state index contributed by atoms with van der Waals surface area (Å²) in [5.74, 6) is -0.479. The Labute approximate surface area is 127 Å². The molecule has 118 valence electrons. The number of carbonyl (C=O) groups is 2. The van der Waals surface area contributed by atoms with E-state index in [9.17, 15) is 14.4 Å². The number of aliphatic carboxylic acids is 1. The maximum atomic E-state index is 12.1. The quantitative estimate of drug-likeness (QED) is 0.848. The van der Waals surface area contributed by atoms with Gasteiger partial charge in [0.2, 0.25) is 0 Å². The van der Waals surface area contributed by atoms with Crippen molar-refractivity contribution < 1.29 is 14.7 Å². The lowest BCUT2D eigenvalue weighted by molar-refractivity contribution is -0.136. The second-order valence-electron chi connectivity index (χ2n) is 5.98. The van der Waals surface area contributed by atoms with Gasteiger partial charge in [0.15, 0.2) is 0 Å². The first-order valence-electron chi connectivity index (χ1n) is 7.49. The summed E-state index contributed by atoms with van der Waals surface area (Å²) >= 11 is 0. The molecule has 1 saturated heterocycles. The number of hydrogen-bond donors (Lipinski definition) is 2. The van der Waals surface area contributed by atoms with Crippen LogP contribution in [0.3, 0.4) is 0 Å². The van der Waals surface area contributed by atoms with E-state index in [1.165, 1.54) is 0 Å². The normalized spacial score (nSPS) is 22.8. The van der Waals surface area contributed by atoms with Crippen LogP contribution in [0.15, 0.2) is 23.0 Å². The molecule has 2 aliphatic heterocycles. The fourth-order valence-electron chi connectivity index (χ4n) is 3.45. The molecule has 2 atom stereocenters. The van der Waals surface area contributed by atoms with E-state index >= 15 is 0 Å². The van der Waals surface area contributed by atoms with Gasteiger partial charge in [-0.2, -0.15) is 0 Å². The molecular weight excluding hydrogens is 286 g/mol. The number of urea groups is 1. The van der Waals surface area contributed by atoms with E-state index < -0.39 is 5.97 Å². The van der Waals surface area contributed by atoms with Crippen molar-refractivity contribution >= 4 is 12.0 Å². The molecule has 3 rings (SSSR count). The van der Waals surface area contributed by atoms with Gasteiger partial charge < -0.3 is 19.9 Å². The number of nitrogens with one attached hydrogen (secondary N) is 1. The van der Waals surface area contributed by atoms with Crippen LogP contribution in [-0.2, 0) is 11.3 Å². The van der Waals surface area contributed by atoms with E-state index in [0.717, 1.165) is 12.1 Å². The molecule has 0 radical (unpaired) electrons. The van der Waals surface area contributed by atoms with E-state index in [1.54, 1.807) is 17.0 Å². The van der Waals surface area contributed by atoms with Gasteiger partial charge in [-0.3, -0.25) is 9.59 Å². The van der Waals surface area contributed by atoms with Crippen LogP contribution >= 0.6 is 0 Å². The number of amides is 2. The minimum Gasteiger partial charge on any atom is -0.481 e. The van der Waals surface area contributed by atoms with Gasteiger partial charge in [-0.1, -0.05) is 6.07 Å². The number of carbonyl (C=O) groups excluding carboxylic acids is 1. The summed E-state index contributed by atoms with van der Waals surface area (Å²) < 4.78 is 1.82. The highest BCUT2D eigenvalue weighted by molar-refractivity contribution is 5.75. The Morgan fingerprint density at radius 2 is 2.09 bits per heavy atom. The molecule has 7 heteroatoms. The molecule has 2 amide bonds. The maximum Gasteiger partial charge on any atom is 0.317 e. The zero-order valence-electron chi connectivity index (χ0n) is 12.2.